The zero-order valence-electron chi connectivity index (χ0n) is 17.1. The molecular formula is C21H31N5OS. The van der Waals surface area contributed by atoms with Crippen molar-refractivity contribution in [1.82, 2.24) is 24.6 Å². The van der Waals surface area contributed by atoms with Gasteiger partial charge in [-0.2, -0.15) is 5.10 Å². The predicted octanol–water partition coefficient (Wildman–Crippen LogP) is 3.82. The number of piperidine rings is 1. The molecule has 2 saturated heterocycles. The first-order chi connectivity index (χ1) is 13.6. The van der Waals surface area contributed by atoms with E-state index >= 15 is 0 Å². The number of likely N-dealkylation sites (tertiary alicyclic amines) is 2. The van der Waals surface area contributed by atoms with Gasteiger partial charge in [0.25, 0.3) is 5.91 Å². The fourth-order valence-corrected chi connectivity index (χ4v) is 5.31. The van der Waals surface area contributed by atoms with Gasteiger partial charge in [0.1, 0.15) is 5.69 Å². The predicted molar refractivity (Wildman–Crippen MR) is 112 cm³/mol. The largest absolute Gasteiger partial charge is 0.333 e. The van der Waals surface area contributed by atoms with E-state index in [1.807, 2.05) is 30.0 Å². The van der Waals surface area contributed by atoms with E-state index in [4.69, 9.17) is 0 Å². The van der Waals surface area contributed by atoms with Crippen LogP contribution in [0.5, 0.6) is 0 Å². The highest BCUT2D eigenvalue weighted by molar-refractivity contribution is 7.12. The highest BCUT2D eigenvalue weighted by Crippen LogP contribution is 2.24. The smallest absolute Gasteiger partial charge is 0.273 e. The van der Waals surface area contributed by atoms with E-state index in [0.717, 1.165) is 42.5 Å². The van der Waals surface area contributed by atoms with Crippen LogP contribution in [0.4, 0.5) is 0 Å². The number of nitrogens with zero attached hydrogens (tertiary/aromatic N) is 5. The van der Waals surface area contributed by atoms with Crippen LogP contribution in [-0.4, -0.2) is 62.7 Å². The van der Waals surface area contributed by atoms with Gasteiger partial charge in [0.15, 0.2) is 0 Å². The van der Waals surface area contributed by atoms with Crippen molar-refractivity contribution in [3.8, 4) is 5.13 Å². The van der Waals surface area contributed by atoms with Crippen LogP contribution in [0.1, 0.15) is 66.8 Å². The lowest BCUT2D eigenvalue weighted by atomic mass is 10.0. The summed E-state index contributed by atoms with van der Waals surface area (Å²) in [6, 6.07) is 2.35. The molecular weight excluding hydrogens is 370 g/mol. The van der Waals surface area contributed by atoms with Gasteiger partial charge in [0.05, 0.1) is 5.69 Å². The molecule has 2 aromatic heterocycles. The minimum Gasteiger partial charge on any atom is -0.333 e. The zero-order chi connectivity index (χ0) is 19.5. The molecule has 0 aliphatic carbocycles. The molecule has 1 amide bonds. The van der Waals surface area contributed by atoms with Crippen LogP contribution in [0.2, 0.25) is 0 Å². The molecule has 0 radical (unpaired) electrons. The Labute approximate surface area is 171 Å². The SMILES string of the molecule is Cc1cc(C)n(-c2nc(C(=O)N3CCCC[C@H]3CN3CCCCCC3)cs2)n1. The highest BCUT2D eigenvalue weighted by Gasteiger charge is 2.30. The Balaban J connectivity index is 1.48. The third kappa shape index (κ3) is 4.30. The molecule has 2 aromatic rings. The second-order valence-corrected chi connectivity index (χ2v) is 9.05. The monoisotopic (exact) mass is 401 g/mol. The second-order valence-electron chi connectivity index (χ2n) is 8.22. The van der Waals surface area contributed by atoms with Crippen molar-refractivity contribution in [2.75, 3.05) is 26.2 Å². The van der Waals surface area contributed by atoms with Crippen LogP contribution in [0.3, 0.4) is 0 Å². The summed E-state index contributed by atoms with van der Waals surface area (Å²) in [7, 11) is 0. The number of aryl methyl sites for hydroxylation is 2. The molecule has 4 heterocycles. The molecule has 2 aliphatic heterocycles. The summed E-state index contributed by atoms with van der Waals surface area (Å²) in [5, 5.41) is 7.17. The Morgan fingerprint density at radius 3 is 2.57 bits per heavy atom. The van der Waals surface area contributed by atoms with Crippen LogP contribution in [-0.2, 0) is 0 Å². The quantitative estimate of drug-likeness (QED) is 0.782. The summed E-state index contributed by atoms with van der Waals surface area (Å²) >= 11 is 1.49. The first kappa shape index (κ1) is 19.6. The summed E-state index contributed by atoms with van der Waals surface area (Å²) in [5.41, 5.74) is 2.58. The maximum Gasteiger partial charge on any atom is 0.273 e. The Morgan fingerprint density at radius 2 is 1.86 bits per heavy atom. The molecule has 1 atom stereocenters. The van der Waals surface area contributed by atoms with Crippen molar-refractivity contribution in [2.45, 2.75) is 64.8 Å². The summed E-state index contributed by atoms with van der Waals surface area (Å²) in [5.74, 6) is 0.0866. The Morgan fingerprint density at radius 1 is 1.11 bits per heavy atom. The van der Waals surface area contributed by atoms with E-state index < -0.39 is 0 Å². The van der Waals surface area contributed by atoms with Crippen LogP contribution in [0.15, 0.2) is 11.4 Å². The summed E-state index contributed by atoms with van der Waals surface area (Å²) < 4.78 is 1.84. The summed E-state index contributed by atoms with van der Waals surface area (Å²) in [6.45, 7) is 8.22. The minimum absolute atomic E-state index is 0.0866. The number of aromatic nitrogens is 3. The molecule has 0 aromatic carbocycles. The lowest BCUT2D eigenvalue weighted by molar-refractivity contribution is 0.0542. The van der Waals surface area contributed by atoms with Crippen molar-refractivity contribution in [2.24, 2.45) is 0 Å². The molecule has 4 rings (SSSR count). The van der Waals surface area contributed by atoms with Crippen molar-refractivity contribution in [3.05, 3.63) is 28.5 Å². The first-order valence-corrected chi connectivity index (χ1v) is 11.5. The fourth-order valence-electron chi connectivity index (χ4n) is 4.50. The number of carbonyl (C=O) groups excluding carboxylic acids is 1. The zero-order valence-corrected chi connectivity index (χ0v) is 17.9. The highest BCUT2D eigenvalue weighted by atomic mass is 32.1. The molecule has 2 aliphatic rings. The molecule has 0 N–H and O–H groups in total. The third-order valence-electron chi connectivity index (χ3n) is 5.96. The molecule has 2 fully saturated rings. The number of rotatable bonds is 4. The normalized spacial score (nSPS) is 21.6. The standard InChI is InChI=1S/C21H31N5OS/c1-16-13-17(2)26(23-16)21-22-19(15-28-21)20(27)25-12-8-5-9-18(25)14-24-10-6-3-4-7-11-24/h13,15,18H,3-12,14H2,1-2H3/t18-/m0/s1. The van der Waals surface area contributed by atoms with Gasteiger partial charge in [0.2, 0.25) is 5.13 Å². The lowest BCUT2D eigenvalue weighted by Gasteiger charge is -2.38. The van der Waals surface area contributed by atoms with Crippen molar-refractivity contribution in [3.63, 3.8) is 0 Å². The first-order valence-electron chi connectivity index (χ1n) is 10.6. The second kappa shape index (κ2) is 8.74. The van der Waals surface area contributed by atoms with Crippen LogP contribution in [0, 0.1) is 13.8 Å². The van der Waals surface area contributed by atoms with E-state index in [1.54, 1.807) is 0 Å². The van der Waals surface area contributed by atoms with Crippen molar-refractivity contribution < 1.29 is 4.79 Å². The van der Waals surface area contributed by atoms with Crippen molar-refractivity contribution >= 4 is 17.2 Å². The van der Waals surface area contributed by atoms with E-state index in [9.17, 15) is 4.79 Å². The maximum atomic E-state index is 13.3. The van der Waals surface area contributed by atoms with Gasteiger partial charge in [-0.05, 0) is 65.1 Å². The van der Waals surface area contributed by atoms with Crippen LogP contribution >= 0.6 is 11.3 Å². The van der Waals surface area contributed by atoms with E-state index in [1.165, 1.54) is 56.5 Å². The van der Waals surface area contributed by atoms with E-state index in [-0.39, 0.29) is 5.91 Å². The Kier molecular flexibility index (Phi) is 6.11. The Hall–Kier alpha value is -1.73. The maximum absolute atomic E-state index is 13.3. The van der Waals surface area contributed by atoms with E-state index in [0.29, 0.717) is 11.7 Å². The molecule has 0 unspecified atom stereocenters. The van der Waals surface area contributed by atoms with Gasteiger partial charge in [-0.25, -0.2) is 9.67 Å². The van der Waals surface area contributed by atoms with Gasteiger partial charge < -0.3 is 9.80 Å². The summed E-state index contributed by atoms with van der Waals surface area (Å²) in [4.78, 5) is 22.6. The number of carbonyl (C=O) groups is 1. The molecule has 0 bridgehead atoms. The van der Waals surface area contributed by atoms with E-state index in [2.05, 4.69) is 19.9 Å². The van der Waals surface area contributed by atoms with Crippen LogP contribution in [0.25, 0.3) is 5.13 Å². The van der Waals surface area contributed by atoms with Gasteiger partial charge >= 0.3 is 0 Å². The van der Waals surface area contributed by atoms with Gasteiger partial charge in [-0.1, -0.05) is 12.8 Å². The molecule has 6 nitrogen and oxygen atoms in total. The molecule has 152 valence electrons. The summed E-state index contributed by atoms with van der Waals surface area (Å²) in [6.07, 6.45) is 8.69. The number of amides is 1. The van der Waals surface area contributed by atoms with Crippen LogP contribution < -0.4 is 0 Å². The average Bonchev–Trinajstić information content (AvgIpc) is 3.21. The number of hydrogen-bond acceptors (Lipinski definition) is 5. The average molecular weight is 402 g/mol. The van der Waals surface area contributed by atoms with Gasteiger partial charge in [-0.3, -0.25) is 4.79 Å². The Bertz CT molecular complexity index is 806. The fraction of sp³-hybridized carbons (Fsp3) is 0.667. The van der Waals surface area contributed by atoms with Gasteiger partial charge in [-0.15, -0.1) is 11.3 Å². The number of hydrogen-bond donors (Lipinski definition) is 0. The molecule has 0 spiro atoms. The van der Waals surface area contributed by atoms with Crippen molar-refractivity contribution in [1.29, 1.82) is 0 Å². The van der Waals surface area contributed by atoms with Gasteiger partial charge in [0, 0.05) is 30.2 Å². The minimum atomic E-state index is 0.0866. The topological polar surface area (TPSA) is 54.3 Å². The molecule has 7 heteroatoms. The number of thiazole rings is 1. The molecule has 28 heavy (non-hydrogen) atoms. The molecule has 0 saturated carbocycles. The lowest BCUT2D eigenvalue weighted by Crippen LogP contribution is -2.49. The third-order valence-corrected chi connectivity index (χ3v) is 6.77.